The zero-order chi connectivity index (χ0) is 17.6. The van der Waals surface area contributed by atoms with E-state index in [0.29, 0.717) is 0 Å². The fraction of sp³-hybridized carbons (Fsp3) is 0.273. The van der Waals surface area contributed by atoms with Gasteiger partial charge in [-0.1, -0.05) is 38.1 Å². The summed E-state index contributed by atoms with van der Waals surface area (Å²) in [6, 6.07) is 19.2. The molecule has 25 heavy (non-hydrogen) atoms. The van der Waals surface area contributed by atoms with E-state index in [1.165, 1.54) is 16.7 Å². The van der Waals surface area contributed by atoms with Gasteiger partial charge in [0.2, 0.25) is 0 Å². The highest BCUT2D eigenvalue weighted by Gasteiger charge is 2.06. The standard InChI is InChI=1S/C22H26N2O/c1-4-24(5-2)16-17-6-8-18(9-7-17)20-14-22(23-15-20)19-10-12-21(25-3)13-11-19/h6-15,23H,4-5,16H2,1-3H3. The summed E-state index contributed by atoms with van der Waals surface area (Å²) in [5.41, 5.74) is 6.08. The van der Waals surface area contributed by atoms with Gasteiger partial charge in [-0.3, -0.25) is 4.90 Å². The summed E-state index contributed by atoms with van der Waals surface area (Å²) in [4.78, 5) is 5.80. The summed E-state index contributed by atoms with van der Waals surface area (Å²) in [7, 11) is 1.69. The fourth-order valence-electron chi connectivity index (χ4n) is 3.01. The molecule has 3 nitrogen and oxygen atoms in total. The predicted molar refractivity (Wildman–Crippen MR) is 105 cm³/mol. The van der Waals surface area contributed by atoms with Crippen LogP contribution in [0.1, 0.15) is 19.4 Å². The second-order valence-corrected chi connectivity index (χ2v) is 6.19. The maximum Gasteiger partial charge on any atom is 0.118 e. The third-order valence-electron chi connectivity index (χ3n) is 4.67. The van der Waals surface area contributed by atoms with Crippen LogP contribution in [0.4, 0.5) is 0 Å². The number of rotatable bonds is 7. The average molecular weight is 334 g/mol. The Morgan fingerprint density at radius 1 is 0.840 bits per heavy atom. The van der Waals surface area contributed by atoms with Gasteiger partial charge in [-0.05, 0) is 65.7 Å². The van der Waals surface area contributed by atoms with E-state index in [1.807, 2.05) is 12.1 Å². The molecular weight excluding hydrogens is 308 g/mol. The quantitative estimate of drug-likeness (QED) is 0.643. The van der Waals surface area contributed by atoms with Crippen molar-refractivity contribution in [1.82, 2.24) is 9.88 Å². The molecule has 0 radical (unpaired) electrons. The highest BCUT2D eigenvalue weighted by molar-refractivity contribution is 5.71. The molecule has 0 saturated carbocycles. The van der Waals surface area contributed by atoms with Gasteiger partial charge in [0.1, 0.15) is 5.75 Å². The molecular formula is C22H26N2O. The minimum absolute atomic E-state index is 0.874. The lowest BCUT2D eigenvalue weighted by Crippen LogP contribution is -2.21. The number of hydrogen-bond donors (Lipinski definition) is 1. The summed E-state index contributed by atoms with van der Waals surface area (Å²) >= 11 is 0. The monoisotopic (exact) mass is 334 g/mol. The molecule has 0 unspecified atom stereocenters. The zero-order valence-electron chi connectivity index (χ0n) is 15.3. The summed E-state index contributed by atoms with van der Waals surface area (Å²) in [6.07, 6.45) is 2.07. The molecule has 0 aliphatic heterocycles. The highest BCUT2D eigenvalue weighted by atomic mass is 16.5. The van der Waals surface area contributed by atoms with E-state index in [1.54, 1.807) is 7.11 Å². The Balaban J connectivity index is 1.75. The van der Waals surface area contributed by atoms with E-state index in [2.05, 4.69) is 72.4 Å². The van der Waals surface area contributed by atoms with Crippen molar-refractivity contribution in [3.8, 4) is 28.1 Å². The van der Waals surface area contributed by atoms with Crippen molar-refractivity contribution in [3.05, 3.63) is 66.4 Å². The van der Waals surface area contributed by atoms with Crippen molar-refractivity contribution in [2.75, 3.05) is 20.2 Å². The number of aromatic amines is 1. The van der Waals surface area contributed by atoms with Crippen molar-refractivity contribution in [1.29, 1.82) is 0 Å². The van der Waals surface area contributed by atoms with Crippen LogP contribution < -0.4 is 4.74 Å². The number of benzene rings is 2. The molecule has 130 valence electrons. The molecule has 3 aromatic rings. The van der Waals surface area contributed by atoms with Crippen molar-refractivity contribution >= 4 is 0 Å². The van der Waals surface area contributed by atoms with Crippen LogP contribution >= 0.6 is 0 Å². The van der Waals surface area contributed by atoms with Crippen LogP contribution in [0.25, 0.3) is 22.4 Å². The topological polar surface area (TPSA) is 28.3 Å². The van der Waals surface area contributed by atoms with Gasteiger partial charge in [0.05, 0.1) is 7.11 Å². The molecule has 0 atom stereocenters. The van der Waals surface area contributed by atoms with Gasteiger partial charge in [0.15, 0.2) is 0 Å². The van der Waals surface area contributed by atoms with Gasteiger partial charge in [-0.25, -0.2) is 0 Å². The van der Waals surface area contributed by atoms with Crippen LogP contribution in [-0.4, -0.2) is 30.1 Å². The van der Waals surface area contributed by atoms with Crippen LogP contribution in [-0.2, 0) is 6.54 Å². The SMILES string of the molecule is CCN(CC)Cc1ccc(-c2c[nH]c(-c3ccc(OC)cc3)c2)cc1. The van der Waals surface area contributed by atoms with Gasteiger partial charge in [0.25, 0.3) is 0 Å². The predicted octanol–water partition coefficient (Wildman–Crippen LogP) is 5.20. The molecule has 1 N–H and O–H groups in total. The Kier molecular flexibility index (Phi) is 5.56. The van der Waals surface area contributed by atoms with Crippen LogP contribution in [0.2, 0.25) is 0 Å². The minimum Gasteiger partial charge on any atom is -0.497 e. The molecule has 0 fully saturated rings. The molecule has 0 amide bonds. The second-order valence-electron chi connectivity index (χ2n) is 6.19. The van der Waals surface area contributed by atoms with Crippen LogP contribution in [0.15, 0.2) is 60.8 Å². The van der Waals surface area contributed by atoms with Gasteiger partial charge in [-0.15, -0.1) is 0 Å². The van der Waals surface area contributed by atoms with Gasteiger partial charge in [0, 0.05) is 18.4 Å². The molecule has 0 aliphatic carbocycles. The first-order valence-corrected chi connectivity index (χ1v) is 8.88. The number of methoxy groups -OCH3 is 1. The first-order chi connectivity index (χ1) is 12.2. The van der Waals surface area contributed by atoms with Crippen molar-refractivity contribution in [2.45, 2.75) is 20.4 Å². The lowest BCUT2D eigenvalue weighted by atomic mass is 10.0. The summed E-state index contributed by atoms with van der Waals surface area (Å²) < 4.78 is 5.22. The molecule has 1 aromatic heterocycles. The Labute approximate surface area is 150 Å². The normalized spacial score (nSPS) is 11.0. The third kappa shape index (κ3) is 4.12. The summed E-state index contributed by atoms with van der Waals surface area (Å²) in [5, 5.41) is 0. The Bertz CT molecular complexity index is 784. The third-order valence-corrected chi connectivity index (χ3v) is 4.67. The molecule has 0 saturated heterocycles. The second kappa shape index (κ2) is 8.04. The molecule has 3 heteroatoms. The first kappa shape index (κ1) is 17.3. The fourth-order valence-corrected chi connectivity index (χ4v) is 3.01. The van der Waals surface area contributed by atoms with E-state index >= 15 is 0 Å². The number of ether oxygens (including phenoxy) is 1. The lowest BCUT2D eigenvalue weighted by molar-refractivity contribution is 0.296. The van der Waals surface area contributed by atoms with Crippen molar-refractivity contribution in [2.24, 2.45) is 0 Å². The van der Waals surface area contributed by atoms with Crippen molar-refractivity contribution in [3.63, 3.8) is 0 Å². The Hall–Kier alpha value is -2.52. The zero-order valence-corrected chi connectivity index (χ0v) is 15.3. The molecule has 0 bridgehead atoms. The number of nitrogens with one attached hydrogen (secondary N) is 1. The van der Waals surface area contributed by atoms with E-state index in [9.17, 15) is 0 Å². The molecule has 0 aliphatic rings. The highest BCUT2D eigenvalue weighted by Crippen LogP contribution is 2.27. The maximum atomic E-state index is 5.22. The van der Waals surface area contributed by atoms with Crippen LogP contribution in [0.3, 0.4) is 0 Å². The van der Waals surface area contributed by atoms with Crippen molar-refractivity contribution < 1.29 is 4.74 Å². The summed E-state index contributed by atoms with van der Waals surface area (Å²) in [5.74, 6) is 0.874. The van der Waals surface area contributed by atoms with E-state index < -0.39 is 0 Å². The van der Waals surface area contributed by atoms with E-state index in [0.717, 1.165) is 36.6 Å². The summed E-state index contributed by atoms with van der Waals surface area (Å²) in [6.45, 7) is 7.59. The molecule has 2 aromatic carbocycles. The Morgan fingerprint density at radius 2 is 1.48 bits per heavy atom. The number of nitrogens with zero attached hydrogens (tertiary/aromatic N) is 1. The Morgan fingerprint density at radius 3 is 2.08 bits per heavy atom. The molecule has 1 heterocycles. The van der Waals surface area contributed by atoms with Crippen LogP contribution in [0.5, 0.6) is 5.75 Å². The number of H-pyrrole nitrogens is 1. The molecule has 0 spiro atoms. The van der Waals surface area contributed by atoms with Gasteiger partial charge in [-0.2, -0.15) is 0 Å². The lowest BCUT2D eigenvalue weighted by Gasteiger charge is -2.18. The minimum atomic E-state index is 0.874. The van der Waals surface area contributed by atoms with E-state index in [-0.39, 0.29) is 0 Å². The van der Waals surface area contributed by atoms with Gasteiger partial charge >= 0.3 is 0 Å². The smallest absolute Gasteiger partial charge is 0.118 e. The number of hydrogen-bond acceptors (Lipinski definition) is 2. The first-order valence-electron chi connectivity index (χ1n) is 8.88. The average Bonchev–Trinajstić information content (AvgIpc) is 3.17. The maximum absolute atomic E-state index is 5.22. The number of aromatic nitrogens is 1. The largest absolute Gasteiger partial charge is 0.497 e. The van der Waals surface area contributed by atoms with Crippen LogP contribution in [0, 0.1) is 0 Å². The van der Waals surface area contributed by atoms with Gasteiger partial charge < -0.3 is 9.72 Å². The molecule has 3 rings (SSSR count). The van der Waals surface area contributed by atoms with E-state index in [4.69, 9.17) is 4.74 Å².